The van der Waals surface area contributed by atoms with E-state index < -0.39 is 5.54 Å². The summed E-state index contributed by atoms with van der Waals surface area (Å²) in [5.41, 5.74) is 2.58. The highest BCUT2D eigenvalue weighted by molar-refractivity contribution is 7.07. The molecule has 2 heterocycles. The van der Waals surface area contributed by atoms with Crippen LogP contribution in [-0.2, 0) is 22.4 Å². The Morgan fingerprint density at radius 1 is 1.46 bits per heavy atom. The van der Waals surface area contributed by atoms with Gasteiger partial charge in [0.2, 0.25) is 11.8 Å². The van der Waals surface area contributed by atoms with Gasteiger partial charge in [0, 0.05) is 36.7 Å². The molecular formula is C20H24FN3O3S. The minimum Gasteiger partial charge on any atom is -0.497 e. The van der Waals surface area contributed by atoms with Crippen molar-refractivity contribution >= 4 is 23.2 Å². The van der Waals surface area contributed by atoms with Gasteiger partial charge in [-0.2, -0.15) is 0 Å². The van der Waals surface area contributed by atoms with Crippen molar-refractivity contribution in [2.24, 2.45) is 0 Å². The van der Waals surface area contributed by atoms with Gasteiger partial charge in [-0.15, -0.1) is 11.3 Å². The van der Waals surface area contributed by atoms with Gasteiger partial charge in [0.1, 0.15) is 11.6 Å². The fraction of sp³-hybridized carbons (Fsp3) is 0.450. The number of nitrogens with zero attached hydrogens (tertiary/aromatic N) is 1. The fourth-order valence-electron chi connectivity index (χ4n) is 3.49. The molecule has 0 aliphatic carbocycles. The number of carbonyl (C=O) groups excluding carboxylic acids is 2. The number of carbonyl (C=O) groups is 2. The summed E-state index contributed by atoms with van der Waals surface area (Å²) in [5.74, 6) is 0.0822. The molecule has 0 saturated carbocycles. The minimum atomic E-state index is -0.615. The third-order valence-corrected chi connectivity index (χ3v) is 5.67. The van der Waals surface area contributed by atoms with Crippen LogP contribution in [0.1, 0.15) is 36.9 Å². The number of nitrogens with one attached hydrogen (secondary N) is 2. The van der Waals surface area contributed by atoms with Crippen LogP contribution in [-0.4, -0.2) is 36.0 Å². The topological polar surface area (TPSA) is 80.3 Å². The molecule has 1 aliphatic rings. The monoisotopic (exact) mass is 405 g/mol. The summed E-state index contributed by atoms with van der Waals surface area (Å²) >= 11 is 1.53. The Hall–Kier alpha value is -2.48. The van der Waals surface area contributed by atoms with E-state index in [0.29, 0.717) is 50.0 Å². The molecule has 6 nitrogen and oxygen atoms in total. The number of methoxy groups -OCH3 is 1. The SMILES string of the molecule is COc1ccc(F)c(C[C@]2(CCC(=O)NCCc3cscn3)CCC(=O)N2)c1. The minimum absolute atomic E-state index is 0.0627. The standard InChI is InChI=1S/C20H24FN3O3S/c1-27-16-2-3-17(21)14(10-16)11-20(8-5-19(26)24-20)7-4-18(25)22-9-6-15-12-28-13-23-15/h2-3,10,12-13H,4-9,11H2,1H3,(H,22,25)(H,24,26)/t20-/m0/s1. The number of benzene rings is 1. The van der Waals surface area contributed by atoms with Crippen LogP contribution < -0.4 is 15.4 Å². The zero-order chi connectivity index (χ0) is 20.0. The van der Waals surface area contributed by atoms with Crippen LogP contribution in [0.5, 0.6) is 5.75 Å². The van der Waals surface area contributed by atoms with Crippen LogP contribution in [0.3, 0.4) is 0 Å². The maximum Gasteiger partial charge on any atom is 0.220 e. The van der Waals surface area contributed by atoms with E-state index in [2.05, 4.69) is 15.6 Å². The lowest BCUT2D eigenvalue weighted by Gasteiger charge is -2.29. The highest BCUT2D eigenvalue weighted by atomic mass is 32.1. The lowest BCUT2D eigenvalue weighted by Crippen LogP contribution is -2.44. The number of hydrogen-bond donors (Lipinski definition) is 2. The van der Waals surface area contributed by atoms with Crippen LogP contribution in [0.2, 0.25) is 0 Å². The maximum absolute atomic E-state index is 14.3. The molecule has 1 aromatic heterocycles. The molecule has 3 rings (SSSR count). The van der Waals surface area contributed by atoms with E-state index >= 15 is 0 Å². The first-order chi connectivity index (χ1) is 13.5. The van der Waals surface area contributed by atoms with E-state index in [0.717, 1.165) is 5.69 Å². The van der Waals surface area contributed by atoms with Crippen molar-refractivity contribution in [2.75, 3.05) is 13.7 Å². The van der Waals surface area contributed by atoms with Crippen LogP contribution in [0.4, 0.5) is 4.39 Å². The second-order valence-electron chi connectivity index (χ2n) is 7.04. The fourth-order valence-corrected chi connectivity index (χ4v) is 4.09. The average Bonchev–Trinajstić information content (AvgIpc) is 3.32. The molecule has 1 aromatic carbocycles. The third kappa shape index (κ3) is 5.28. The van der Waals surface area contributed by atoms with Crippen molar-refractivity contribution in [3.05, 3.63) is 46.2 Å². The van der Waals surface area contributed by atoms with Gasteiger partial charge in [0.25, 0.3) is 0 Å². The van der Waals surface area contributed by atoms with Gasteiger partial charge in [0.05, 0.1) is 18.3 Å². The molecule has 2 N–H and O–H groups in total. The number of ether oxygens (including phenoxy) is 1. The molecule has 2 amide bonds. The molecule has 150 valence electrons. The lowest BCUT2D eigenvalue weighted by atomic mass is 9.84. The lowest BCUT2D eigenvalue weighted by molar-refractivity contribution is -0.122. The number of amides is 2. The van der Waals surface area contributed by atoms with Crippen LogP contribution in [0, 0.1) is 5.82 Å². The van der Waals surface area contributed by atoms with E-state index in [1.54, 1.807) is 17.6 Å². The maximum atomic E-state index is 14.3. The van der Waals surface area contributed by atoms with E-state index in [-0.39, 0.29) is 24.1 Å². The number of rotatable bonds is 9. The van der Waals surface area contributed by atoms with E-state index in [1.165, 1.54) is 24.5 Å². The van der Waals surface area contributed by atoms with Gasteiger partial charge in [-0.1, -0.05) is 0 Å². The number of hydrogen-bond acceptors (Lipinski definition) is 5. The van der Waals surface area contributed by atoms with Crippen LogP contribution >= 0.6 is 11.3 Å². The number of thiazole rings is 1. The van der Waals surface area contributed by atoms with Crippen molar-refractivity contribution in [3.8, 4) is 5.75 Å². The molecule has 8 heteroatoms. The summed E-state index contributed by atoms with van der Waals surface area (Å²) in [7, 11) is 1.53. The van der Waals surface area contributed by atoms with E-state index in [9.17, 15) is 14.0 Å². The normalized spacial score (nSPS) is 18.7. The highest BCUT2D eigenvalue weighted by Gasteiger charge is 2.38. The van der Waals surface area contributed by atoms with Gasteiger partial charge < -0.3 is 15.4 Å². The van der Waals surface area contributed by atoms with Crippen molar-refractivity contribution in [1.29, 1.82) is 0 Å². The van der Waals surface area contributed by atoms with Crippen molar-refractivity contribution < 1.29 is 18.7 Å². The molecule has 0 unspecified atom stereocenters. The summed E-state index contributed by atoms with van der Waals surface area (Å²) < 4.78 is 19.5. The predicted molar refractivity (Wildman–Crippen MR) is 105 cm³/mol. The molecule has 0 radical (unpaired) electrons. The Morgan fingerprint density at radius 3 is 3.00 bits per heavy atom. The first kappa shape index (κ1) is 20.3. The zero-order valence-corrected chi connectivity index (χ0v) is 16.6. The van der Waals surface area contributed by atoms with Crippen molar-refractivity contribution in [2.45, 2.75) is 44.1 Å². The Balaban J connectivity index is 1.58. The summed E-state index contributed by atoms with van der Waals surface area (Å²) in [6, 6.07) is 4.58. The molecule has 28 heavy (non-hydrogen) atoms. The number of halogens is 1. The van der Waals surface area contributed by atoms with E-state index in [4.69, 9.17) is 4.74 Å². The Labute approximate surface area is 167 Å². The number of aromatic nitrogens is 1. The quantitative estimate of drug-likeness (QED) is 0.672. The van der Waals surface area contributed by atoms with Crippen LogP contribution in [0.25, 0.3) is 0 Å². The summed E-state index contributed by atoms with van der Waals surface area (Å²) in [4.78, 5) is 28.3. The Kier molecular flexibility index (Phi) is 6.61. The zero-order valence-electron chi connectivity index (χ0n) is 15.8. The highest BCUT2D eigenvalue weighted by Crippen LogP contribution is 2.31. The summed E-state index contributed by atoms with van der Waals surface area (Å²) in [6.45, 7) is 0.520. The van der Waals surface area contributed by atoms with Gasteiger partial charge in [0.15, 0.2) is 0 Å². The molecule has 0 spiro atoms. The summed E-state index contributed by atoms with van der Waals surface area (Å²) in [6.07, 6.45) is 2.70. The Bertz CT molecular complexity index is 828. The third-order valence-electron chi connectivity index (χ3n) is 5.03. The second kappa shape index (κ2) is 9.14. The second-order valence-corrected chi connectivity index (χ2v) is 7.76. The molecule has 1 aliphatic heterocycles. The predicted octanol–water partition coefficient (Wildman–Crippen LogP) is 2.62. The summed E-state index contributed by atoms with van der Waals surface area (Å²) in [5, 5.41) is 7.82. The molecular weight excluding hydrogens is 381 g/mol. The molecule has 1 atom stereocenters. The van der Waals surface area contributed by atoms with Gasteiger partial charge >= 0.3 is 0 Å². The molecule has 1 saturated heterocycles. The average molecular weight is 405 g/mol. The van der Waals surface area contributed by atoms with Crippen molar-refractivity contribution in [1.82, 2.24) is 15.6 Å². The molecule has 1 fully saturated rings. The molecule has 2 aromatic rings. The first-order valence-corrected chi connectivity index (χ1v) is 10.2. The Morgan fingerprint density at radius 2 is 2.32 bits per heavy atom. The molecule has 0 bridgehead atoms. The van der Waals surface area contributed by atoms with Gasteiger partial charge in [-0.05, 0) is 43.0 Å². The largest absolute Gasteiger partial charge is 0.497 e. The van der Waals surface area contributed by atoms with Crippen LogP contribution in [0.15, 0.2) is 29.1 Å². The first-order valence-electron chi connectivity index (χ1n) is 9.27. The van der Waals surface area contributed by atoms with Gasteiger partial charge in [-0.3, -0.25) is 9.59 Å². The smallest absolute Gasteiger partial charge is 0.220 e. The van der Waals surface area contributed by atoms with Crippen molar-refractivity contribution in [3.63, 3.8) is 0 Å². The van der Waals surface area contributed by atoms with Gasteiger partial charge in [-0.25, -0.2) is 9.37 Å². The van der Waals surface area contributed by atoms with E-state index in [1.807, 2.05) is 5.38 Å².